The molecule has 0 spiro atoms. The normalized spacial score (nSPS) is 19.8. The van der Waals surface area contributed by atoms with Crippen LogP contribution in [0.2, 0.25) is 0 Å². The zero-order chi connectivity index (χ0) is 13.9. The van der Waals surface area contributed by atoms with Crippen LogP contribution < -0.4 is 9.47 Å². The minimum atomic E-state index is -2.55. The van der Waals surface area contributed by atoms with Crippen LogP contribution in [0, 0.1) is 23.3 Å². The Labute approximate surface area is 117 Å². The van der Waals surface area contributed by atoms with Gasteiger partial charge < -0.3 is 9.47 Å². The van der Waals surface area contributed by atoms with Crippen molar-refractivity contribution >= 4 is 46.4 Å². The molecule has 0 saturated heterocycles. The summed E-state index contributed by atoms with van der Waals surface area (Å²) in [6.45, 7) is 0. The van der Waals surface area contributed by atoms with E-state index in [-0.39, 0.29) is 0 Å². The number of halogens is 8. The molecule has 1 aromatic rings. The summed E-state index contributed by atoms with van der Waals surface area (Å²) in [6.07, 6.45) is 0. The highest BCUT2D eigenvalue weighted by Gasteiger charge is 2.58. The third-order valence-electron chi connectivity index (χ3n) is 1.98. The van der Waals surface area contributed by atoms with E-state index in [1.165, 1.54) is 0 Å². The van der Waals surface area contributed by atoms with Crippen molar-refractivity contribution in [3.05, 3.63) is 23.3 Å². The molecule has 0 radical (unpaired) electrons. The van der Waals surface area contributed by atoms with Crippen LogP contribution in [0.5, 0.6) is 11.5 Å². The molecule has 100 valence electrons. The van der Waals surface area contributed by atoms with E-state index in [2.05, 4.69) is 9.47 Å². The molecule has 2 rings (SSSR count). The molecule has 0 fully saturated rings. The van der Waals surface area contributed by atoms with E-state index in [1.54, 1.807) is 0 Å². The third-order valence-corrected chi connectivity index (χ3v) is 3.74. The summed E-state index contributed by atoms with van der Waals surface area (Å²) in [4.78, 5) is 0. The van der Waals surface area contributed by atoms with Crippen LogP contribution in [0.3, 0.4) is 0 Å². The molecule has 1 heterocycles. The Morgan fingerprint density at radius 1 is 0.611 bits per heavy atom. The molecule has 2 nitrogen and oxygen atoms in total. The Morgan fingerprint density at radius 3 is 1.17 bits per heavy atom. The fraction of sp³-hybridized carbons (Fsp3) is 0.250. The Kier molecular flexibility index (Phi) is 3.21. The van der Waals surface area contributed by atoms with Crippen LogP contribution in [-0.4, -0.2) is 9.04 Å². The predicted octanol–water partition coefficient (Wildman–Crippen LogP) is 4.28. The second-order valence-electron chi connectivity index (χ2n) is 3.15. The largest absolute Gasteiger partial charge is 0.445 e. The van der Waals surface area contributed by atoms with Crippen LogP contribution in [0.4, 0.5) is 17.6 Å². The van der Waals surface area contributed by atoms with Gasteiger partial charge in [-0.25, -0.2) is 8.78 Å². The van der Waals surface area contributed by atoms with Crippen molar-refractivity contribution < 1.29 is 27.0 Å². The van der Waals surface area contributed by atoms with Gasteiger partial charge in [0.1, 0.15) is 0 Å². The molecule has 18 heavy (non-hydrogen) atoms. The number of hydrogen-bond acceptors (Lipinski definition) is 2. The summed E-state index contributed by atoms with van der Waals surface area (Å²) in [5.74, 6) is -10.3. The maximum atomic E-state index is 13.3. The first-order chi connectivity index (χ1) is 8.08. The summed E-state index contributed by atoms with van der Waals surface area (Å²) in [5.41, 5.74) is 0. The summed E-state index contributed by atoms with van der Waals surface area (Å²) in [7, 11) is 0. The summed E-state index contributed by atoms with van der Waals surface area (Å²) in [6, 6.07) is 0. The number of hydrogen-bond donors (Lipinski definition) is 0. The molecule has 1 aliphatic rings. The van der Waals surface area contributed by atoms with Crippen molar-refractivity contribution in [2.45, 2.75) is 9.04 Å². The number of alkyl halides is 4. The highest BCUT2D eigenvalue weighted by atomic mass is 35.5. The lowest BCUT2D eigenvalue weighted by Crippen LogP contribution is -2.49. The highest BCUT2D eigenvalue weighted by Crippen LogP contribution is 2.54. The van der Waals surface area contributed by atoms with E-state index in [9.17, 15) is 17.6 Å². The number of rotatable bonds is 0. The van der Waals surface area contributed by atoms with Crippen LogP contribution >= 0.6 is 46.4 Å². The van der Waals surface area contributed by atoms with Crippen LogP contribution in [0.15, 0.2) is 0 Å². The van der Waals surface area contributed by atoms with Gasteiger partial charge in [0.15, 0.2) is 0 Å². The average molecular weight is 346 g/mol. The van der Waals surface area contributed by atoms with Crippen molar-refractivity contribution in [2.75, 3.05) is 0 Å². The molecular weight excluding hydrogens is 346 g/mol. The van der Waals surface area contributed by atoms with Crippen molar-refractivity contribution in [3.8, 4) is 11.5 Å². The maximum absolute atomic E-state index is 13.3. The van der Waals surface area contributed by atoms with Crippen molar-refractivity contribution in [3.63, 3.8) is 0 Å². The number of ether oxygens (including phenoxy) is 2. The second kappa shape index (κ2) is 4.10. The Balaban J connectivity index is 2.71. The Morgan fingerprint density at radius 2 is 0.889 bits per heavy atom. The van der Waals surface area contributed by atoms with Crippen molar-refractivity contribution in [2.24, 2.45) is 0 Å². The van der Waals surface area contributed by atoms with Gasteiger partial charge in [-0.05, 0) is 0 Å². The SMILES string of the molecule is Fc1c(F)c(F)c2c(c1F)OC(Cl)(Cl)C(Cl)(Cl)O2. The first kappa shape index (κ1) is 14.1. The molecule has 0 unspecified atom stereocenters. The van der Waals surface area contributed by atoms with E-state index in [1.807, 2.05) is 0 Å². The van der Waals surface area contributed by atoms with Crippen LogP contribution in [0.25, 0.3) is 0 Å². The molecule has 1 aromatic carbocycles. The van der Waals surface area contributed by atoms with Gasteiger partial charge in [0, 0.05) is 0 Å². The van der Waals surface area contributed by atoms with Gasteiger partial charge in [-0.2, -0.15) is 8.78 Å². The molecule has 0 amide bonds. The molecular formula is C8Cl4F4O2. The lowest BCUT2D eigenvalue weighted by atomic mass is 10.2. The van der Waals surface area contributed by atoms with E-state index in [0.29, 0.717) is 0 Å². The third kappa shape index (κ3) is 1.86. The zero-order valence-electron chi connectivity index (χ0n) is 7.84. The standard InChI is InChI=1S/C8Cl4F4O2/c9-7(10)8(11,12)18-6-4(16)2(14)1(13)3(15)5(6)17-7. The van der Waals surface area contributed by atoms with Gasteiger partial charge in [0.25, 0.3) is 0 Å². The number of fused-ring (bicyclic) bond motifs is 1. The minimum Gasteiger partial charge on any atom is -0.445 e. The molecule has 0 saturated carbocycles. The average Bonchev–Trinajstić information content (AvgIpc) is 2.26. The summed E-state index contributed by atoms with van der Waals surface area (Å²) in [5, 5.41) is 0. The minimum absolute atomic E-state index is 1.17. The lowest BCUT2D eigenvalue weighted by molar-refractivity contribution is 0.0518. The quantitative estimate of drug-likeness (QED) is 0.302. The number of benzene rings is 1. The maximum Gasteiger partial charge on any atom is 0.329 e. The molecule has 0 N–H and O–H groups in total. The zero-order valence-corrected chi connectivity index (χ0v) is 10.9. The van der Waals surface area contributed by atoms with Crippen molar-refractivity contribution in [1.29, 1.82) is 0 Å². The fourth-order valence-electron chi connectivity index (χ4n) is 1.15. The van der Waals surface area contributed by atoms with Gasteiger partial charge in [-0.15, -0.1) is 0 Å². The first-order valence-corrected chi connectivity index (χ1v) is 5.59. The smallest absolute Gasteiger partial charge is 0.329 e. The lowest BCUT2D eigenvalue weighted by Gasteiger charge is -2.37. The fourth-order valence-corrected chi connectivity index (χ4v) is 1.61. The van der Waals surface area contributed by atoms with E-state index in [0.717, 1.165) is 0 Å². The first-order valence-electron chi connectivity index (χ1n) is 4.08. The summed E-state index contributed by atoms with van der Waals surface area (Å²) >= 11 is 21.8. The molecule has 0 aliphatic carbocycles. The Bertz CT molecular complexity index is 488. The Hall–Kier alpha value is -0.300. The summed E-state index contributed by atoms with van der Waals surface area (Å²) < 4.78 is 56.4. The topological polar surface area (TPSA) is 18.5 Å². The molecule has 1 aliphatic heterocycles. The van der Waals surface area contributed by atoms with E-state index < -0.39 is 43.8 Å². The second-order valence-corrected chi connectivity index (χ2v) is 5.67. The van der Waals surface area contributed by atoms with Gasteiger partial charge in [0.2, 0.25) is 34.8 Å². The van der Waals surface area contributed by atoms with Crippen molar-refractivity contribution in [1.82, 2.24) is 0 Å². The molecule has 0 bridgehead atoms. The van der Waals surface area contributed by atoms with Gasteiger partial charge in [-0.3, -0.25) is 0 Å². The monoisotopic (exact) mass is 344 g/mol. The molecule has 0 atom stereocenters. The molecule has 0 aromatic heterocycles. The predicted molar refractivity (Wildman–Crippen MR) is 56.4 cm³/mol. The molecule has 10 heteroatoms. The van der Waals surface area contributed by atoms with Gasteiger partial charge in [-0.1, -0.05) is 46.4 Å². The van der Waals surface area contributed by atoms with E-state index in [4.69, 9.17) is 46.4 Å². The van der Waals surface area contributed by atoms with Gasteiger partial charge in [0.05, 0.1) is 0 Å². The van der Waals surface area contributed by atoms with Crippen LogP contribution in [-0.2, 0) is 0 Å². The highest BCUT2D eigenvalue weighted by molar-refractivity contribution is 6.61. The van der Waals surface area contributed by atoms with Crippen LogP contribution in [0.1, 0.15) is 0 Å². The van der Waals surface area contributed by atoms with E-state index >= 15 is 0 Å². The van der Waals surface area contributed by atoms with Gasteiger partial charge >= 0.3 is 9.04 Å².